The smallest absolute Gasteiger partial charge is 0.231 e. The molecule has 1 aliphatic heterocycles. The van der Waals surface area contributed by atoms with Crippen molar-refractivity contribution in [3.05, 3.63) is 21.9 Å². The van der Waals surface area contributed by atoms with Crippen LogP contribution in [0.1, 0.15) is 24.8 Å². The fourth-order valence-electron chi connectivity index (χ4n) is 2.17. The third kappa shape index (κ3) is 1.28. The standard InChI is InChI=1S/C11H11BrFNO2/c12-8-9(13)6(11(14)2-1-3-11)4-7-10(8)16-5-15-7/h4H,1-3,5,14H2. The van der Waals surface area contributed by atoms with Gasteiger partial charge in [0.15, 0.2) is 11.5 Å². The predicted octanol–water partition coefficient (Wildman–Crippen LogP) is 2.65. The summed E-state index contributed by atoms with van der Waals surface area (Å²) in [4.78, 5) is 0. The van der Waals surface area contributed by atoms with Crippen LogP contribution in [0, 0.1) is 5.82 Å². The molecule has 3 nitrogen and oxygen atoms in total. The Labute approximate surface area is 101 Å². The van der Waals surface area contributed by atoms with Gasteiger partial charge < -0.3 is 15.2 Å². The van der Waals surface area contributed by atoms with Crippen LogP contribution in [-0.2, 0) is 5.54 Å². The lowest BCUT2D eigenvalue weighted by Gasteiger charge is -2.38. The Bertz CT molecular complexity index is 460. The zero-order chi connectivity index (χ0) is 11.3. The zero-order valence-corrected chi connectivity index (χ0v) is 10.1. The van der Waals surface area contributed by atoms with Crippen LogP contribution in [0.25, 0.3) is 0 Å². The third-order valence-corrected chi connectivity index (χ3v) is 4.04. The Morgan fingerprint density at radius 1 is 1.38 bits per heavy atom. The van der Waals surface area contributed by atoms with Gasteiger partial charge in [-0.2, -0.15) is 0 Å². The maximum absolute atomic E-state index is 14.1. The summed E-state index contributed by atoms with van der Waals surface area (Å²) in [7, 11) is 0. The summed E-state index contributed by atoms with van der Waals surface area (Å²) in [5.41, 5.74) is 6.12. The first kappa shape index (κ1) is 10.4. The SMILES string of the molecule is NC1(c2cc3c(c(Br)c2F)OCO3)CCC1. The molecule has 2 aliphatic rings. The molecule has 1 heterocycles. The van der Waals surface area contributed by atoms with Crippen LogP contribution in [0.15, 0.2) is 10.5 Å². The summed E-state index contributed by atoms with van der Waals surface area (Å²) < 4.78 is 24.9. The molecule has 0 atom stereocenters. The Morgan fingerprint density at radius 2 is 2.12 bits per heavy atom. The fourth-order valence-corrected chi connectivity index (χ4v) is 2.69. The van der Waals surface area contributed by atoms with Crippen LogP contribution in [0.2, 0.25) is 0 Å². The zero-order valence-electron chi connectivity index (χ0n) is 8.56. The van der Waals surface area contributed by atoms with Gasteiger partial charge in [0.05, 0.1) is 4.47 Å². The van der Waals surface area contributed by atoms with E-state index >= 15 is 0 Å². The number of hydrogen-bond acceptors (Lipinski definition) is 3. The maximum atomic E-state index is 14.1. The van der Waals surface area contributed by atoms with Gasteiger partial charge in [0, 0.05) is 11.1 Å². The molecule has 0 aromatic heterocycles. The summed E-state index contributed by atoms with van der Waals surface area (Å²) in [5, 5.41) is 0. The molecule has 0 saturated heterocycles. The highest BCUT2D eigenvalue weighted by Gasteiger charge is 2.39. The first-order valence-corrected chi connectivity index (χ1v) is 5.98. The molecule has 1 aliphatic carbocycles. The van der Waals surface area contributed by atoms with E-state index in [1.165, 1.54) is 0 Å². The van der Waals surface area contributed by atoms with Gasteiger partial charge in [0.25, 0.3) is 0 Å². The van der Waals surface area contributed by atoms with Gasteiger partial charge in [-0.15, -0.1) is 0 Å². The molecular formula is C11H11BrFNO2. The molecule has 1 saturated carbocycles. The molecule has 1 aromatic rings. The van der Waals surface area contributed by atoms with Crippen molar-refractivity contribution in [3.63, 3.8) is 0 Å². The van der Waals surface area contributed by atoms with Gasteiger partial charge in [-0.05, 0) is 41.3 Å². The summed E-state index contributed by atoms with van der Waals surface area (Å²) in [6.45, 7) is 0.133. The summed E-state index contributed by atoms with van der Waals surface area (Å²) in [6, 6.07) is 1.67. The van der Waals surface area contributed by atoms with E-state index in [1.54, 1.807) is 6.07 Å². The van der Waals surface area contributed by atoms with Crippen LogP contribution in [-0.4, -0.2) is 6.79 Å². The Balaban J connectivity index is 2.16. The number of halogens is 2. The molecule has 0 unspecified atom stereocenters. The average Bonchev–Trinajstić information content (AvgIpc) is 2.68. The van der Waals surface area contributed by atoms with Crippen molar-refractivity contribution in [2.45, 2.75) is 24.8 Å². The van der Waals surface area contributed by atoms with E-state index in [1.807, 2.05) is 0 Å². The van der Waals surface area contributed by atoms with Gasteiger partial charge in [0.2, 0.25) is 6.79 Å². The molecule has 5 heteroatoms. The van der Waals surface area contributed by atoms with Gasteiger partial charge in [-0.1, -0.05) is 0 Å². The molecular weight excluding hydrogens is 277 g/mol. The highest BCUT2D eigenvalue weighted by Crippen LogP contribution is 2.48. The Kier molecular flexibility index (Phi) is 2.16. The van der Waals surface area contributed by atoms with Crippen LogP contribution >= 0.6 is 15.9 Å². The van der Waals surface area contributed by atoms with Crippen LogP contribution in [0.4, 0.5) is 4.39 Å². The van der Waals surface area contributed by atoms with Crippen LogP contribution < -0.4 is 15.2 Å². The lowest BCUT2D eigenvalue weighted by molar-refractivity contribution is 0.173. The van der Waals surface area contributed by atoms with E-state index in [0.29, 0.717) is 21.5 Å². The number of nitrogens with two attached hydrogens (primary N) is 1. The minimum absolute atomic E-state index is 0.133. The van der Waals surface area contributed by atoms with Gasteiger partial charge in [-0.3, -0.25) is 0 Å². The molecule has 1 fully saturated rings. The fraction of sp³-hybridized carbons (Fsp3) is 0.455. The number of hydrogen-bond donors (Lipinski definition) is 1. The Morgan fingerprint density at radius 3 is 2.75 bits per heavy atom. The number of benzene rings is 1. The second-order valence-electron chi connectivity index (χ2n) is 4.30. The monoisotopic (exact) mass is 287 g/mol. The van der Waals surface area contributed by atoms with Gasteiger partial charge in [0.1, 0.15) is 5.82 Å². The molecule has 86 valence electrons. The second kappa shape index (κ2) is 3.34. The summed E-state index contributed by atoms with van der Waals surface area (Å²) in [5.74, 6) is 0.677. The largest absolute Gasteiger partial charge is 0.454 e. The molecule has 0 radical (unpaired) electrons. The van der Waals surface area contributed by atoms with Crippen molar-refractivity contribution >= 4 is 15.9 Å². The van der Waals surface area contributed by atoms with Crippen molar-refractivity contribution in [2.24, 2.45) is 5.73 Å². The number of ether oxygens (including phenoxy) is 2. The highest BCUT2D eigenvalue weighted by molar-refractivity contribution is 9.10. The normalized spacial score (nSPS) is 20.7. The molecule has 16 heavy (non-hydrogen) atoms. The molecule has 3 rings (SSSR count). The van der Waals surface area contributed by atoms with Crippen molar-refractivity contribution in [2.75, 3.05) is 6.79 Å². The van der Waals surface area contributed by atoms with Crippen molar-refractivity contribution in [3.8, 4) is 11.5 Å². The minimum Gasteiger partial charge on any atom is -0.454 e. The molecule has 1 aromatic carbocycles. The average molecular weight is 288 g/mol. The lowest BCUT2D eigenvalue weighted by Crippen LogP contribution is -2.44. The lowest BCUT2D eigenvalue weighted by atomic mass is 9.72. The molecule has 0 bridgehead atoms. The van der Waals surface area contributed by atoms with Crippen molar-refractivity contribution < 1.29 is 13.9 Å². The summed E-state index contributed by atoms with van der Waals surface area (Å²) >= 11 is 3.19. The summed E-state index contributed by atoms with van der Waals surface area (Å²) in [6.07, 6.45) is 2.67. The third-order valence-electron chi connectivity index (χ3n) is 3.33. The van der Waals surface area contributed by atoms with E-state index in [9.17, 15) is 4.39 Å². The topological polar surface area (TPSA) is 44.5 Å². The number of fused-ring (bicyclic) bond motifs is 1. The molecule has 2 N–H and O–H groups in total. The van der Waals surface area contributed by atoms with Crippen molar-refractivity contribution in [1.29, 1.82) is 0 Å². The minimum atomic E-state index is -0.534. The second-order valence-corrected chi connectivity index (χ2v) is 5.09. The van der Waals surface area contributed by atoms with E-state index < -0.39 is 5.54 Å². The maximum Gasteiger partial charge on any atom is 0.231 e. The van der Waals surface area contributed by atoms with E-state index in [0.717, 1.165) is 19.3 Å². The number of rotatable bonds is 1. The van der Waals surface area contributed by atoms with Gasteiger partial charge >= 0.3 is 0 Å². The van der Waals surface area contributed by atoms with Crippen LogP contribution in [0.3, 0.4) is 0 Å². The van der Waals surface area contributed by atoms with Gasteiger partial charge in [-0.25, -0.2) is 4.39 Å². The van der Waals surface area contributed by atoms with E-state index in [2.05, 4.69) is 15.9 Å². The Hall–Kier alpha value is -0.810. The van der Waals surface area contributed by atoms with Crippen molar-refractivity contribution in [1.82, 2.24) is 0 Å². The first-order valence-electron chi connectivity index (χ1n) is 5.19. The van der Waals surface area contributed by atoms with Crippen LogP contribution in [0.5, 0.6) is 11.5 Å². The molecule has 0 amide bonds. The quantitative estimate of drug-likeness (QED) is 0.864. The first-order chi connectivity index (χ1) is 7.62. The highest BCUT2D eigenvalue weighted by atomic mass is 79.9. The van der Waals surface area contributed by atoms with E-state index in [-0.39, 0.29) is 12.6 Å². The predicted molar refractivity (Wildman–Crippen MR) is 59.9 cm³/mol. The molecule has 0 spiro atoms. The van der Waals surface area contributed by atoms with E-state index in [4.69, 9.17) is 15.2 Å².